The normalized spacial score (nSPS) is 9.35. The van der Waals surface area contributed by atoms with E-state index in [2.05, 4.69) is 5.32 Å². The third-order valence-electron chi connectivity index (χ3n) is 2.84. The van der Waals surface area contributed by atoms with Gasteiger partial charge < -0.3 is 35.5 Å². The number of hydrogen-bond donors (Lipinski definition) is 5. The number of phenols is 1. The van der Waals surface area contributed by atoms with Crippen molar-refractivity contribution in [2.75, 3.05) is 27.4 Å². The number of phenolic OH excluding ortho intramolecular Hbond substituents is 1. The molecule has 10 nitrogen and oxygen atoms in total. The molecule has 1 aromatic carbocycles. The predicted octanol–water partition coefficient (Wildman–Crippen LogP) is 0.920. The van der Waals surface area contributed by atoms with Crippen LogP contribution in [0.25, 0.3) is 0 Å². The van der Waals surface area contributed by atoms with Crippen LogP contribution in [0.2, 0.25) is 0 Å². The Morgan fingerprint density at radius 1 is 1.19 bits per heavy atom. The van der Waals surface area contributed by atoms with E-state index in [0.717, 1.165) is 13.3 Å². The summed E-state index contributed by atoms with van der Waals surface area (Å²) in [6, 6.07) is 2.77. The zero-order chi connectivity index (χ0) is 20.1. The zero-order valence-corrected chi connectivity index (χ0v) is 15.0. The minimum atomic E-state index is -0.833. The van der Waals surface area contributed by atoms with Crippen molar-refractivity contribution in [2.24, 2.45) is 5.73 Å². The predicted molar refractivity (Wildman–Crippen MR) is 94.0 cm³/mol. The van der Waals surface area contributed by atoms with E-state index in [1.54, 1.807) is 0 Å². The Kier molecular flexibility index (Phi) is 10.7. The fraction of sp³-hybridized carbons (Fsp3) is 0.438. The standard InChI is InChI=1S/C14H21N3O5.C2H4O2/c1-20-10-7-9(8-11(21-2)12(10)18)13(19)22-6-4-3-5-17-14(15)16;1-2(3)4/h7-8,18H,3-6H2,1-2H3,(H4,15,16,17);1H3,(H,3,4). The lowest BCUT2D eigenvalue weighted by Gasteiger charge is -2.11. The van der Waals surface area contributed by atoms with E-state index in [1.807, 2.05) is 0 Å². The van der Waals surface area contributed by atoms with Crippen LogP contribution in [0.4, 0.5) is 0 Å². The number of rotatable bonds is 8. The molecule has 0 fully saturated rings. The molecule has 0 heterocycles. The molecular weight excluding hydrogens is 346 g/mol. The lowest BCUT2D eigenvalue weighted by molar-refractivity contribution is -0.134. The van der Waals surface area contributed by atoms with Crippen LogP contribution in [0.1, 0.15) is 30.1 Å². The van der Waals surface area contributed by atoms with E-state index in [1.165, 1.54) is 26.4 Å². The highest BCUT2D eigenvalue weighted by Gasteiger charge is 2.16. The molecule has 1 aromatic rings. The van der Waals surface area contributed by atoms with Crippen molar-refractivity contribution in [1.29, 1.82) is 5.41 Å². The maximum atomic E-state index is 11.9. The van der Waals surface area contributed by atoms with Crippen LogP contribution >= 0.6 is 0 Å². The van der Waals surface area contributed by atoms with Crippen molar-refractivity contribution in [3.63, 3.8) is 0 Å². The molecular formula is C16H25N3O7. The number of carbonyl (C=O) groups excluding carboxylic acids is 1. The third-order valence-corrected chi connectivity index (χ3v) is 2.84. The molecule has 0 atom stereocenters. The number of aliphatic carboxylic acids is 1. The summed E-state index contributed by atoms with van der Waals surface area (Å²) in [4.78, 5) is 20.9. The van der Waals surface area contributed by atoms with Crippen LogP contribution in [0.3, 0.4) is 0 Å². The maximum Gasteiger partial charge on any atom is 0.338 e. The average Bonchev–Trinajstić information content (AvgIpc) is 2.57. The van der Waals surface area contributed by atoms with Crippen molar-refractivity contribution in [3.05, 3.63) is 17.7 Å². The van der Waals surface area contributed by atoms with Gasteiger partial charge >= 0.3 is 5.97 Å². The number of benzene rings is 1. The van der Waals surface area contributed by atoms with Gasteiger partial charge in [0.25, 0.3) is 5.97 Å². The second-order valence-electron chi connectivity index (χ2n) is 4.93. The van der Waals surface area contributed by atoms with Gasteiger partial charge in [-0.3, -0.25) is 10.2 Å². The molecule has 0 aliphatic carbocycles. The number of carbonyl (C=O) groups is 2. The number of ether oxygens (including phenoxy) is 3. The van der Waals surface area contributed by atoms with Gasteiger partial charge in [0.2, 0.25) is 5.75 Å². The Hall–Kier alpha value is -3.17. The summed E-state index contributed by atoms with van der Waals surface area (Å²) in [5, 5.41) is 26.8. The SMILES string of the molecule is CC(=O)O.COc1cc(C(=O)OCCCCNC(=N)N)cc(OC)c1O. The van der Waals surface area contributed by atoms with Gasteiger partial charge in [-0.05, 0) is 25.0 Å². The van der Waals surface area contributed by atoms with Crippen molar-refractivity contribution >= 4 is 17.9 Å². The molecule has 26 heavy (non-hydrogen) atoms. The summed E-state index contributed by atoms with van der Waals surface area (Å²) in [6.45, 7) is 1.87. The molecule has 0 spiro atoms. The van der Waals surface area contributed by atoms with Gasteiger partial charge in [-0.1, -0.05) is 0 Å². The van der Waals surface area contributed by atoms with E-state index < -0.39 is 11.9 Å². The third kappa shape index (κ3) is 9.21. The molecule has 0 unspecified atom stereocenters. The number of esters is 1. The Bertz CT molecular complexity index is 591. The second kappa shape index (κ2) is 12.2. The van der Waals surface area contributed by atoms with E-state index in [0.29, 0.717) is 13.0 Å². The van der Waals surface area contributed by atoms with Crippen molar-refractivity contribution in [1.82, 2.24) is 5.32 Å². The number of unbranched alkanes of at least 4 members (excludes halogenated alkanes) is 1. The lowest BCUT2D eigenvalue weighted by atomic mass is 10.2. The number of carboxylic acids is 1. The average molecular weight is 371 g/mol. The number of carboxylic acid groups (broad SMARTS) is 1. The molecule has 0 aromatic heterocycles. The summed E-state index contributed by atoms with van der Waals surface area (Å²) in [7, 11) is 2.76. The van der Waals surface area contributed by atoms with Crippen molar-refractivity contribution < 1.29 is 34.0 Å². The summed E-state index contributed by atoms with van der Waals surface area (Å²) in [6.07, 6.45) is 1.35. The maximum absolute atomic E-state index is 11.9. The smallest absolute Gasteiger partial charge is 0.338 e. The molecule has 0 aliphatic heterocycles. The van der Waals surface area contributed by atoms with E-state index in [4.69, 9.17) is 35.3 Å². The van der Waals surface area contributed by atoms with Gasteiger partial charge in [0.05, 0.1) is 26.4 Å². The number of nitrogens with one attached hydrogen (secondary N) is 2. The van der Waals surface area contributed by atoms with Crippen LogP contribution in [0.15, 0.2) is 12.1 Å². The van der Waals surface area contributed by atoms with Crippen LogP contribution in [0, 0.1) is 5.41 Å². The number of nitrogens with two attached hydrogens (primary N) is 1. The lowest BCUT2D eigenvalue weighted by Crippen LogP contribution is -2.31. The van der Waals surface area contributed by atoms with Gasteiger partial charge in [0.15, 0.2) is 17.5 Å². The highest BCUT2D eigenvalue weighted by atomic mass is 16.5. The minimum absolute atomic E-state index is 0.0831. The fourth-order valence-electron chi connectivity index (χ4n) is 1.71. The highest BCUT2D eigenvalue weighted by Crippen LogP contribution is 2.37. The first-order chi connectivity index (χ1) is 12.2. The Labute approximate surface area is 151 Å². The summed E-state index contributed by atoms with van der Waals surface area (Å²) >= 11 is 0. The van der Waals surface area contributed by atoms with Gasteiger partial charge in [-0.2, -0.15) is 0 Å². The van der Waals surface area contributed by atoms with Gasteiger partial charge in [0.1, 0.15) is 0 Å². The molecule has 6 N–H and O–H groups in total. The Balaban J connectivity index is 0.00000141. The number of hydrogen-bond acceptors (Lipinski definition) is 7. The molecule has 0 aliphatic rings. The van der Waals surface area contributed by atoms with E-state index in [-0.39, 0.29) is 35.4 Å². The fourth-order valence-corrected chi connectivity index (χ4v) is 1.71. The van der Waals surface area contributed by atoms with E-state index in [9.17, 15) is 9.90 Å². The number of aromatic hydroxyl groups is 1. The van der Waals surface area contributed by atoms with Crippen LogP contribution in [-0.2, 0) is 9.53 Å². The van der Waals surface area contributed by atoms with Gasteiger partial charge in [-0.15, -0.1) is 0 Å². The molecule has 0 bridgehead atoms. The molecule has 0 saturated carbocycles. The van der Waals surface area contributed by atoms with Crippen LogP contribution in [0.5, 0.6) is 17.2 Å². The van der Waals surface area contributed by atoms with Gasteiger partial charge in [-0.25, -0.2) is 4.79 Å². The topological polar surface area (TPSA) is 164 Å². The molecule has 0 saturated heterocycles. The Morgan fingerprint density at radius 3 is 2.12 bits per heavy atom. The van der Waals surface area contributed by atoms with Crippen molar-refractivity contribution in [2.45, 2.75) is 19.8 Å². The van der Waals surface area contributed by atoms with Gasteiger partial charge in [0, 0.05) is 13.5 Å². The first kappa shape index (κ1) is 22.8. The highest BCUT2D eigenvalue weighted by molar-refractivity contribution is 5.91. The van der Waals surface area contributed by atoms with Crippen LogP contribution in [-0.4, -0.2) is 55.5 Å². The first-order valence-electron chi connectivity index (χ1n) is 7.62. The monoisotopic (exact) mass is 371 g/mol. The zero-order valence-electron chi connectivity index (χ0n) is 15.0. The molecule has 0 radical (unpaired) electrons. The quantitative estimate of drug-likeness (QED) is 0.193. The molecule has 0 amide bonds. The molecule has 1 rings (SSSR count). The summed E-state index contributed by atoms with van der Waals surface area (Å²) in [5.41, 5.74) is 5.37. The largest absolute Gasteiger partial charge is 0.502 e. The van der Waals surface area contributed by atoms with Crippen LogP contribution < -0.4 is 20.5 Å². The summed E-state index contributed by atoms with van der Waals surface area (Å²) in [5.74, 6) is -1.35. The molecule has 146 valence electrons. The number of guanidine groups is 1. The van der Waals surface area contributed by atoms with Crippen molar-refractivity contribution in [3.8, 4) is 17.2 Å². The Morgan fingerprint density at radius 2 is 1.69 bits per heavy atom. The van der Waals surface area contributed by atoms with E-state index >= 15 is 0 Å². The second-order valence-corrected chi connectivity index (χ2v) is 4.93. The first-order valence-corrected chi connectivity index (χ1v) is 7.62. The minimum Gasteiger partial charge on any atom is -0.502 e. The molecule has 10 heteroatoms. The summed E-state index contributed by atoms with van der Waals surface area (Å²) < 4.78 is 15.1. The number of methoxy groups -OCH3 is 2.